The summed E-state index contributed by atoms with van der Waals surface area (Å²) in [5.74, 6) is -1.61. The molecular formula is C22H40O4. The molecule has 152 valence electrons. The number of aliphatic hydroxyl groups excluding tert-OH is 2. The molecule has 4 nitrogen and oxygen atoms in total. The van der Waals surface area contributed by atoms with Crippen LogP contribution in [-0.4, -0.2) is 27.9 Å². The van der Waals surface area contributed by atoms with E-state index in [1.54, 1.807) is 13.8 Å². The van der Waals surface area contributed by atoms with Gasteiger partial charge in [0.1, 0.15) is 17.4 Å². The number of carbonyl (C=O) groups excluding carboxylic acids is 2. The van der Waals surface area contributed by atoms with E-state index < -0.39 is 17.7 Å². The Bertz CT molecular complexity index is 500. The summed E-state index contributed by atoms with van der Waals surface area (Å²) < 4.78 is 0. The van der Waals surface area contributed by atoms with E-state index in [1.807, 2.05) is 20.8 Å². The zero-order valence-corrected chi connectivity index (χ0v) is 18.4. The number of carbonyl (C=O) groups is 2. The molecule has 0 radical (unpaired) electrons. The van der Waals surface area contributed by atoms with Crippen molar-refractivity contribution in [1.82, 2.24) is 0 Å². The molecule has 26 heavy (non-hydrogen) atoms. The van der Waals surface area contributed by atoms with Gasteiger partial charge in [-0.05, 0) is 41.0 Å². The lowest BCUT2D eigenvalue weighted by Gasteiger charge is -2.05. The van der Waals surface area contributed by atoms with Gasteiger partial charge in [0, 0.05) is 12.3 Å². The maximum atomic E-state index is 11.2. The molecule has 1 aliphatic carbocycles. The van der Waals surface area contributed by atoms with E-state index in [0.29, 0.717) is 0 Å². The number of rotatable bonds is 2. The lowest BCUT2D eigenvalue weighted by molar-refractivity contribution is -0.121. The van der Waals surface area contributed by atoms with Crippen molar-refractivity contribution in [3.05, 3.63) is 34.6 Å². The van der Waals surface area contributed by atoms with Crippen LogP contribution in [0.15, 0.2) is 34.6 Å². The van der Waals surface area contributed by atoms with Crippen molar-refractivity contribution < 1.29 is 19.8 Å². The first-order chi connectivity index (χ1) is 12.0. The highest BCUT2D eigenvalue weighted by Gasteiger charge is 2.37. The molecule has 1 aliphatic rings. The maximum absolute atomic E-state index is 11.2. The van der Waals surface area contributed by atoms with Gasteiger partial charge in [0.25, 0.3) is 0 Å². The average Bonchev–Trinajstić information content (AvgIpc) is 2.82. The van der Waals surface area contributed by atoms with Crippen LogP contribution in [0.1, 0.15) is 82.1 Å². The van der Waals surface area contributed by atoms with Gasteiger partial charge in [0.05, 0.1) is 0 Å². The first-order valence-corrected chi connectivity index (χ1v) is 9.40. The summed E-state index contributed by atoms with van der Waals surface area (Å²) in [6.07, 6.45) is 4.00. The Morgan fingerprint density at radius 2 is 1.54 bits per heavy atom. The molecule has 0 spiro atoms. The quantitative estimate of drug-likeness (QED) is 0.283. The summed E-state index contributed by atoms with van der Waals surface area (Å²) in [7, 11) is 0. The fourth-order valence-electron chi connectivity index (χ4n) is 1.64. The van der Waals surface area contributed by atoms with Gasteiger partial charge in [0.2, 0.25) is 0 Å². The molecule has 1 atom stereocenters. The molecular weight excluding hydrogens is 328 g/mol. The topological polar surface area (TPSA) is 74.6 Å². The fourth-order valence-corrected chi connectivity index (χ4v) is 1.64. The summed E-state index contributed by atoms with van der Waals surface area (Å²) >= 11 is 0. The average molecular weight is 369 g/mol. The Morgan fingerprint density at radius 1 is 1.12 bits per heavy atom. The highest BCUT2D eigenvalue weighted by Crippen LogP contribution is 2.23. The van der Waals surface area contributed by atoms with E-state index in [0.717, 1.165) is 0 Å². The van der Waals surface area contributed by atoms with Crippen molar-refractivity contribution >= 4 is 11.6 Å². The second-order valence-corrected chi connectivity index (χ2v) is 6.48. The molecule has 4 heteroatoms. The van der Waals surface area contributed by atoms with Gasteiger partial charge in [-0.25, -0.2) is 0 Å². The third-order valence-electron chi connectivity index (χ3n) is 3.20. The van der Waals surface area contributed by atoms with Crippen molar-refractivity contribution in [3.63, 3.8) is 0 Å². The lowest BCUT2D eigenvalue weighted by Crippen LogP contribution is -2.15. The third kappa shape index (κ3) is 13.6. The summed E-state index contributed by atoms with van der Waals surface area (Å²) in [4.78, 5) is 22.3. The number of allylic oxidation sites excluding steroid dienone is 5. The van der Waals surface area contributed by atoms with E-state index in [2.05, 4.69) is 46.8 Å². The van der Waals surface area contributed by atoms with E-state index >= 15 is 0 Å². The molecule has 1 rings (SSSR count). The second kappa shape index (κ2) is 16.8. The van der Waals surface area contributed by atoms with Crippen LogP contribution in [0.5, 0.6) is 0 Å². The minimum Gasteiger partial charge on any atom is -0.511 e. The van der Waals surface area contributed by atoms with Crippen LogP contribution in [0.4, 0.5) is 0 Å². The molecule has 0 aromatic rings. The van der Waals surface area contributed by atoms with Gasteiger partial charge >= 0.3 is 0 Å². The van der Waals surface area contributed by atoms with Crippen LogP contribution < -0.4 is 0 Å². The van der Waals surface area contributed by atoms with Crippen molar-refractivity contribution in [2.24, 2.45) is 5.92 Å². The fraction of sp³-hybridized carbons (Fsp3) is 0.636. The Hall–Kier alpha value is -1.68. The first kappa shape index (κ1) is 29.1. The Labute approximate surface area is 160 Å². The minimum atomic E-state index is -1.26. The predicted octanol–water partition coefficient (Wildman–Crippen LogP) is 5.72. The van der Waals surface area contributed by atoms with E-state index in [1.165, 1.54) is 17.6 Å². The molecule has 2 N–H and O–H groups in total. The van der Waals surface area contributed by atoms with Crippen molar-refractivity contribution in [3.8, 4) is 0 Å². The van der Waals surface area contributed by atoms with Crippen LogP contribution in [0.3, 0.4) is 0 Å². The van der Waals surface area contributed by atoms with E-state index in [-0.39, 0.29) is 23.7 Å². The van der Waals surface area contributed by atoms with Crippen molar-refractivity contribution in [1.29, 1.82) is 0 Å². The Balaban J connectivity index is -0.000000341. The second-order valence-electron chi connectivity index (χ2n) is 6.48. The first-order valence-electron chi connectivity index (χ1n) is 9.40. The monoisotopic (exact) mass is 368 g/mol. The number of Topliss-reactive ketones (excluding diaryl/α,β-unsaturated/α-hetero) is 2. The van der Waals surface area contributed by atoms with Gasteiger partial charge < -0.3 is 10.2 Å². The molecule has 0 heterocycles. The highest BCUT2D eigenvalue weighted by atomic mass is 16.3. The van der Waals surface area contributed by atoms with Gasteiger partial charge in [-0.3, -0.25) is 9.59 Å². The third-order valence-corrected chi connectivity index (χ3v) is 3.20. The number of hydrogen-bond donors (Lipinski definition) is 2. The number of aliphatic hydroxyl groups is 2. The summed E-state index contributed by atoms with van der Waals surface area (Å²) in [6, 6.07) is 0. The molecule has 0 saturated heterocycles. The summed E-state index contributed by atoms with van der Waals surface area (Å²) in [5, 5.41) is 18.5. The minimum absolute atomic E-state index is 0.203. The normalized spacial score (nSPS) is 17.0. The van der Waals surface area contributed by atoms with Crippen molar-refractivity contribution in [2.45, 2.75) is 88.2 Å². The number of hydrogen-bond acceptors (Lipinski definition) is 4. The molecule has 0 aromatic carbocycles. The van der Waals surface area contributed by atoms with Crippen LogP contribution in [0.2, 0.25) is 0 Å². The molecule has 1 unspecified atom stereocenters. The molecule has 0 aliphatic heterocycles. The van der Waals surface area contributed by atoms with Crippen LogP contribution in [-0.2, 0) is 9.59 Å². The summed E-state index contributed by atoms with van der Waals surface area (Å²) in [6.45, 7) is 19.9. The molecule has 0 bridgehead atoms. The summed E-state index contributed by atoms with van der Waals surface area (Å²) in [5.41, 5.74) is 2.57. The lowest BCUT2D eigenvalue weighted by atomic mass is 10.0. The Morgan fingerprint density at radius 3 is 1.69 bits per heavy atom. The van der Waals surface area contributed by atoms with E-state index in [4.69, 9.17) is 5.11 Å². The number of ketones is 2. The smallest absolute Gasteiger partial charge is 0.198 e. The van der Waals surface area contributed by atoms with Crippen LogP contribution in [0, 0.1) is 5.92 Å². The van der Waals surface area contributed by atoms with Crippen molar-refractivity contribution in [2.75, 3.05) is 0 Å². The molecule has 0 amide bonds. The zero-order chi connectivity index (χ0) is 21.4. The zero-order valence-electron chi connectivity index (χ0n) is 18.4. The molecule has 1 fully saturated rings. The van der Waals surface area contributed by atoms with Crippen LogP contribution in [0.25, 0.3) is 0 Å². The standard InChI is InChI=1S/C9H12O4.C6H12.C5H10.C2H6/c1-4(2)8(12)7-5(10)3-6(11)9(7)13;1-4-5-6(2)3;1-4-5(2)3;1-2/h4,6,11-12H,3H2,1-2H3;5H,4H2,1-3H3;4H,1-3H3;1-2H3/b8-7+;;;. The van der Waals surface area contributed by atoms with Gasteiger partial charge in [-0.1, -0.05) is 57.9 Å². The van der Waals surface area contributed by atoms with Gasteiger partial charge in [0.15, 0.2) is 11.6 Å². The maximum Gasteiger partial charge on any atom is 0.198 e. The highest BCUT2D eigenvalue weighted by molar-refractivity contribution is 6.27. The van der Waals surface area contributed by atoms with Gasteiger partial charge in [-0.2, -0.15) is 0 Å². The predicted molar refractivity (Wildman–Crippen MR) is 111 cm³/mol. The van der Waals surface area contributed by atoms with Gasteiger partial charge in [-0.15, -0.1) is 0 Å². The van der Waals surface area contributed by atoms with Crippen LogP contribution >= 0.6 is 0 Å². The SMILES string of the molecule is CC.CC(C)/C(O)=C1/C(=O)CC(O)C1=O.CC=C(C)C.CCC=C(C)C. The van der Waals surface area contributed by atoms with E-state index in [9.17, 15) is 14.7 Å². The largest absolute Gasteiger partial charge is 0.511 e. The Kier molecular flexibility index (Phi) is 18.8. The molecule has 0 aromatic heterocycles. The molecule has 1 saturated carbocycles.